The number of aryl methyl sites for hydroxylation is 2. The number of aromatic nitrogens is 4. The zero-order chi connectivity index (χ0) is 24.1. The van der Waals surface area contributed by atoms with Crippen LogP contribution < -0.4 is 11.1 Å². The Bertz CT molecular complexity index is 1260. The molecule has 0 unspecified atom stereocenters. The van der Waals surface area contributed by atoms with Crippen LogP contribution in [-0.2, 0) is 16.6 Å². The van der Waals surface area contributed by atoms with E-state index in [1.54, 1.807) is 16.3 Å². The Kier molecular flexibility index (Phi) is 5.55. The molecular weight excluding hydrogens is 434 g/mol. The molecule has 5 rings (SSSR count). The van der Waals surface area contributed by atoms with E-state index in [1.807, 2.05) is 37.3 Å². The quantitative estimate of drug-likeness (QED) is 0.572. The summed E-state index contributed by atoms with van der Waals surface area (Å²) in [5.74, 6) is 0.693. The zero-order valence-corrected chi connectivity index (χ0v) is 20.0. The van der Waals surface area contributed by atoms with Crippen LogP contribution in [-0.4, -0.2) is 69.0 Å². The van der Waals surface area contributed by atoms with Gasteiger partial charge in [-0.25, -0.2) is 4.52 Å². The molecule has 2 fully saturated rings. The first-order valence-corrected chi connectivity index (χ1v) is 11.6. The van der Waals surface area contributed by atoms with Gasteiger partial charge in [0.05, 0.1) is 28.7 Å². The monoisotopic (exact) mass is 465 g/mol. The molecule has 0 aromatic carbocycles. The highest BCUT2D eigenvalue weighted by molar-refractivity contribution is 6.02. The normalized spacial score (nSPS) is 24.1. The summed E-state index contributed by atoms with van der Waals surface area (Å²) in [4.78, 5) is 26.5. The molecule has 3 aromatic heterocycles. The number of nitrogens with zero attached hydrogens (tertiary/aromatic N) is 5. The van der Waals surface area contributed by atoms with Crippen LogP contribution in [0.15, 0.2) is 24.7 Å². The Morgan fingerprint density at radius 2 is 2.09 bits per heavy atom. The van der Waals surface area contributed by atoms with Crippen molar-refractivity contribution in [3.05, 3.63) is 35.9 Å². The molecule has 3 N–H and O–H groups in total. The summed E-state index contributed by atoms with van der Waals surface area (Å²) < 4.78 is 8.59. The molecule has 10 heteroatoms. The van der Waals surface area contributed by atoms with E-state index >= 15 is 0 Å². The number of methoxy groups -OCH3 is 1. The molecule has 10 nitrogen and oxygen atoms in total. The van der Waals surface area contributed by atoms with Gasteiger partial charge in [0.1, 0.15) is 6.61 Å². The molecule has 1 saturated carbocycles. The van der Waals surface area contributed by atoms with Gasteiger partial charge in [0.2, 0.25) is 5.91 Å². The minimum Gasteiger partial charge on any atom is -0.380 e. The largest absolute Gasteiger partial charge is 0.380 e. The van der Waals surface area contributed by atoms with E-state index in [-0.39, 0.29) is 18.6 Å². The van der Waals surface area contributed by atoms with Gasteiger partial charge >= 0.3 is 0 Å². The second-order valence-electron chi connectivity index (χ2n) is 9.66. The Morgan fingerprint density at radius 3 is 2.74 bits per heavy atom. The Balaban J connectivity index is 1.44. The van der Waals surface area contributed by atoms with E-state index in [4.69, 9.17) is 10.5 Å². The summed E-state index contributed by atoms with van der Waals surface area (Å²) in [6.45, 7) is 5.81. The summed E-state index contributed by atoms with van der Waals surface area (Å²) >= 11 is 0. The number of hydrogen-bond acceptors (Lipinski definition) is 6. The third-order valence-corrected chi connectivity index (χ3v) is 7.54. The maximum absolute atomic E-state index is 12.3. The second kappa shape index (κ2) is 8.43. The first-order chi connectivity index (χ1) is 16.3. The summed E-state index contributed by atoms with van der Waals surface area (Å²) in [6, 6.07) is 2.19. The van der Waals surface area contributed by atoms with E-state index < -0.39 is 5.91 Å². The highest BCUT2D eigenvalue weighted by atomic mass is 16.5. The van der Waals surface area contributed by atoms with E-state index in [9.17, 15) is 9.59 Å². The van der Waals surface area contributed by atoms with Crippen LogP contribution in [0.25, 0.3) is 16.6 Å². The number of ether oxygens (including phenoxy) is 1. The minimum atomic E-state index is -0.514. The minimum absolute atomic E-state index is 0.0480. The average molecular weight is 466 g/mol. The van der Waals surface area contributed by atoms with Crippen molar-refractivity contribution < 1.29 is 14.3 Å². The number of primary amides is 1. The standard InChI is InChI=1S/C24H31N7O3/c1-13-18-11-30(22(32)12-34-4)8-15(18)5-20(13)27-23-17(24(25)33)7-26-31-9-16(6-21(23)31)19-10-29(3)28-14(19)2/h6-7,9-10,13,15,18,20,27H,5,8,11-12H2,1-4H3,(H2,25,33)/t13-,15+,18-,20+/m0/s1. The second-order valence-corrected chi connectivity index (χ2v) is 9.66. The van der Waals surface area contributed by atoms with Crippen molar-refractivity contribution in [2.75, 3.05) is 32.1 Å². The first kappa shape index (κ1) is 22.4. The Labute approximate surface area is 198 Å². The van der Waals surface area contributed by atoms with Crippen LogP contribution in [0.5, 0.6) is 0 Å². The fraction of sp³-hybridized carbons (Fsp3) is 0.500. The van der Waals surface area contributed by atoms with Crippen LogP contribution >= 0.6 is 0 Å². The molecule has 1 aliphatic heterocycles. The van der Waals surface area contributed by atoms with Gasteiger partial charge in [0, 0.05) is 56.8 Å². The van der Waals surface area contributed by atoms with E-state index in [0.29, 0.717) is 29.0 Å². The number of likely N-dealkylation sites (tertiary alicyclic amines) is 1. The smallest absolute Gasteiger partial charge is 0.252 e. The van der Waals surface area contributed by atoms with Crippen molar-refractivity contribution in [1.82, 2.24) is 24.3 Å². The van der Waals surface area contributed by atoms with Gasteiger partial charge < -0.3 is 20.7 Å². The number of nitrogens with one attached hydrogen (secondary N) is 1. The van der Waals surface area contributed by atoms with Gasteiger partial charge in [0.25, 0.3) is 5.91 Å². The van der Waals surface area contributed by atoms with E-state index in [1.165, 1.54) is 6.20 Å². The van der Waals surface area contributed by atoms with Crippen molar-refractivity contribution in [1.29, 1.82) is 0 Å². The molecule has 1 aliphatic carbocycles. The fourth-order valence-electron chi connectivity index (χ4n) is 5.80. The Hall–Kier alpha value is -3.40. The molecule has 0 bridgehead atoms. The molecule has 2 aliphatic rings. The summed E-state index contributed by atoms with van der Waals surface area (Å²) in [5, 5.41) is 12.5. The van der Waals surface area contributed by atoms with Gasteiger partial charge in [-0.15, -0.1) is 0 Å². The summed E-state index contributed by atoms with van der Waals surface area (Å²) in [5.41, 5.74) is 10.5. The lowest BCUT2D eigenvalue weighted by molar-refractivity contribution is -0.134. The van der Waals surface area contributed by atoms with Crippen LogP contribution in [0.4, 0.5) is 5.69 Å². The molecule has 3 aromatic rings. The molecular formula is C24H31N7O3. The molecule has 0 radical (unpaired) electrons. The zero-order valence-electron chi connectivity index (χ0n) is 20.0. The maximum atomic E-state index is 12.3. The highest BCUT2D eigenvalue weighted by Gasteiger charge is 2.47. The van der Waals surface area contributed by atoms with Crippen molar-refractivity contribution in [3.8, 4) is 11.1 Å². The van der Waals surface area contributed by atoms with Crippen molar-refractivity contribution in [2.24, 2.45) is 30.5 Å². The fourth-order valence-corrected chi connectivity index (χ4v) is 5.80. The van der Waals surface area contributed by atoms with Gasteiger partial charge in [-0.1, -0.05) is 6.92 Å². The van der Waals surface area contributed by atoms with Crippen LogP contribution in [0.2, 0.25) is 0 Å². The van der Waals surface area contributed by atoms with Gasteiger partial charge in [-0.05, 0) is 37.2 Å². The van der Waals surface area contributed by atoms with Gasteiger partial charge in [0.15, 0.2) is 0 Å². The number of amides is 2. The molecule has 4 atom stereocenters. The first-order valence-electron chi connectivity index (χ1n) is 11.6. The lowest BCUT2D eigenvalue weighted by atomic mass is 9.93. The molecule has 2 amide bonds. The SMILES string of the molecule is COCC(=O)N1C[C@H]2C[C@@H](Nc3c(C(N)=O)cnn4cc(-c5cn(C)nc5C)cc34)[C@@H](C)[C@@H]2C1. The third-order valence-electron chi connectivity index (χ3n) is 7.54. The van der Waals surface area contributed by atoms with Gasteiger partial charge in [-0.3, -0.25) is 14.3 Å². The van der Waals surface area contributed by atoms with Crippen LogP contribution in [0, 0.1) is 24.7 Å². The number of carbonyl (C=O) groups excluding carboxylic acids is 2. The topological polar surface area (TPSA) is 120 Å². The third kappa shape index (κ3) is 3.71. The number of carbonyl (C=O) groups is 2. The molecule has 1 saturated heterocycles. The summed E-state index contributed by atoms with van der Waals surface area (Å²) in [7, 11) is 3.44. The Morgan fingerprint density at radius 1 is 1.29 bits per heavy atom. The van der Waals surface area contributed by atoms with Crippen molar-refractivity contribution in [3.63, 3.8) is 0 Å². The number of rotatable bonds is 6. The number of fused-ring (bicyclic) bond motifs is 2. The van der Waals surface area contributed by atoms with Crippen molar-refractivity contribution >= 4 is 23.0 Å². The van der Waals surface area contributed by atoms with E-state index in [0.717, 1.165) is 41.8 Å². The number of anilines is 1. The predicted octanol–water partition coefficient (Wildman–Crippen LogP) is 1.68. The molecule has 34 heavy (non-hydrogen) atoms. The average Bonchev–Trinajstić information content (AvgIpc) is 3.53. The lowest BCUT2D eigenvalue weighted by Gasteiger charge is -2.25. The molecule has 4 heterocycles. The van der Waals surface area contributed by atoms with Crippen LogP contribution in [0.1, 0.15) is 29.4 Å². The van der Waals surface area contributed by atoms with E-state index in [2.05, 4.69) is 22.4 Å². The van der Waals surface area contributed by atoms with Crippen molar-refractivity contribution in [2.45, 2.75) is 26.3 Å². The lowest BCUT2D eigenvalue weighted by Crippen LogP contribution is -2.35. The molecule has 0 spiro atoms. The number of hydrogen-bond donors (Lipinski definition) is 2. The highest BCUT2D eigenvalue weighted by Crippen LogP contribution is 2.44. The predicted molar refractivity (Wildman–Crippen MR) is 127 cm³/mol. The van der Waals surface area contributed by atoms with Crippen LogP contribution in [0.3, 0.4) is 0 Å². The maximum Gasteiger partial charge on any atom is 0.252 e. The summed E-state index contributed by atoms with van der Waals surface area (Å²) in [6.07, 6.45) is 6.37. The molecule has 180 valence electrons. The van der Waals surface area contributed by atoms with Gasteiger partial charge in [-0.2, -0.15) is 10.2 Å². The number of nitrogens with two attached hydrogens (primary N) is 1.